The Kier molecular flexibility index (Phi) is 16.7. The van der Waals surface area contributed by atoms with Gasteiger partial charge in [-0.15, -0.1) is 0 Å². The van der Waals surface area contributed by atoms with Gasteiger partial charge in [0.2, 0.25) is 0 Å². The first-order valence-electron chi connectivity index (χ1n) is 22.5. The van der Waals surface area contributed by atoms with E-state index in [0.717, 1.165) is 36.8 Å². The largest absolute Gasteiger partial charge is 0.383 e. The Balaban J connectivity index is 1.31. The van der Waals surface area contributed by atoms with Crippen LogP contribution in [0.15, 0.2) is 84.9 Å². The normalized spacial score (nSPS) is 14.3. The van der Waals surface area contributed by atoms with E-state index >= 15 is 0 Å². The maximum absolute atomic E-state index is 14.7. The zero-order valence-electron chi connectivity index (χ0n) is 38.1. The predicted octanol–water partition coefficient (Wildman–Crippen LogP) is 8.20. The molecule has 0 bridgehead atoms. The van der Waals surface area contributed by atoms with Gasteiger partial charge in [0.05, 0.1) is 47.4 Å². The fraction of sp³-hybridized carbons (Fsp3) is 0.412. The summed E-state index contributed by atoms with van der Waals surface area (Å²) >= 11 is 0. The Morgan fingerprint density at radius 2 is 1.06 bits per heavy atom. The average molecular weight is 881 g/mol. The number of urea groups is 2. The lowest BCUT2D eigenvalue weighted by Crippen LogP contribution is -2.58. The number of nitrogens with zero attached hydrogens (tertiary/aromatic N) is 6. The van der Waals surface area contributed by atoms with Crippen LogP contribution in [-0.4, -0.2) is 99.4 Å². The highest BCUT2D eigenvalue weighted by atomic mass is 16.5. The summed E-state index contributed by atoms with van der Waals surface area (Å²) in [6.45, 7) is 10.6. The molecule has 65 heavy (non-hydrogen) atoms. The molecule has 14 nitrogen and oxygen atoms in total. The van der Waals surface area contributed by atoms with Gasteiger partial charge in [-0.3, -0.25) is 9.59 Å². The van der Waals surface area contributed by atoms with Crippen LogP contribution >= 0.6 is 0 Å². The molecule has 4 aromatic rings. The number of ether oxygens (including phenoxy) is 2. The second kappa shape index (κ2) is 22.7. The van der Waals surface area contributed by atoms with E-state index in [0.29, 0.717) is 84.0 Å². The Morgan fingerprint density at radius 1 is 0.646 bits per heavy atom. The second-order valence-corrected chi connectivity index (χ2v) is 17.0. The number of nitrogens with one attached hydrogen (secondary N) is 2. The number of hydrazine groups is 1. The van der Waals surface area contributed by atoms with Crippen molar-refractivity contribution in [1.29, 1.82) is 10.5 Å². The Labute approximate surface area is 382 Å². The van der Waals surface area contributed by atoms with Crippen LogP contribution < -0.4 is 20.7 Å². The van der Waals surface area contributed by atoms with Crippen LogP contribution in [0.5, 0.6) is 0 Å². The van der Waals surface area contributed by atoms with Crippen molar-refractivity contribution in [2.45, 2.75) is 77.7 Å². The average Bonchev–Trinajstić information content (AvgIpc) is 3.33. The number of benzene rings is 4. The standard InChI is InChI=1S/C51H60N8O6/c1-35(2)65-29-6-23-54-50(62)58(46-31-44(13-7-36(46)3)48(60)56-25-19-42(20-26-56)40-15-9-38(33-52)10-16-40)59(51(63)55-24-30-64-5)47-32-45(14-8-37(47)4)49(61)57-27-21-43(22-28-57)41-17-11-39(34-53)12-18-41/h7-18,31-32,35,42-43H,6,19-30H2,1-5H3,(H,54,62)(H,55,63). The van der Waals surface area contributed by atoms with E-state index in [-0.39, 0.29) is 49.5 Å². The number of nitriles is 2. The van der Waals surface area contributed by atoms with Gasteiger partial charge in [0, 0.05) is 64.1 Å². The highest BCUT2D eigenvalue weighted by Gasteiger charge is 2.34. The minimum absolute atomic E-state index is 0.0186. The summed E-state index contributed by atoms with van der Waals surface area (Å²) in [6, 6.07) is 28.6. The quantitative estimate of drug-likeness (QED) is 0.0943. The Hall–Kier alpha value is -6.74. The number of hydrogen-bond acceptors (Lipinski definition) is 8. The van der Waals surface area contributed by atoms with Crippen LogP contribution in [0.25, 0.3) is 0 Å². The lowest BCUT2D eigenvalue weighted by molar-refractivity contribution is 0.0705. The van der Waals surface area contributed by atoms with E-state index in [1.54, 1.807) is 36.4 Å². The first-order chi connectivity index (χ1) is 31.4. The molecule has 0 spiro atoms. The maximum Gasteiger partial charge on any atom is 0.341 e. The van der Waals surface area contributed by atoms with E-state index in [9.17, 15) is 29.7 Å². The molecule has 6 rings (SSSR count). The van der Waals surface area contributed by atoms with Gasteiger partial charge in [-0.25, -0.2) is 9.59 Å². The molecule has 340 valence electrons. The van der Waals surface area contributed by atoms with Crippen LogP contribution in [0.3, 0.4) is 0 Å². The predicted molar refractivity (Wildman–Crippen MR) is 250 cm³/mol. The number of anilines is 2. The number of carbonyl (C=O) groups is 4. The molecule has 2 heterocycles. The Morgan fingerprint density at radius 3 is 1.45 bits per heavy atom. The number of piperidine rings is 2. The topological polar surface area (TPSA) is 171 Å². The molecule has 0 atom stereocenters. The summed E-state index contributed by atoms with van der Waals surface area (Å²) in [4.78, 5) is 61.5. The third-order valence-corrected chi connectivity index (χ3v) is 12.2. The highest BCUT2D eigenvalue weighted by molar-refractivity contribution is 6.08. The van der Waals surface area contributed by atoms with Gasteiger partial charge in [0.25, 0.3) is 11.8 Å². The van der Waals surface area contributed by atoms with Crippen molar-refractivity contribution in [3.05, 3.63) is 129 Å². The number of methoxy groups -OCH3 is 1. The molecule has 2 fully saturated rings. The summed E-state index contributed by atoms with van der Waals surface area (Å²) in [5, 5.41) is 26.9. The van der Waals surface area contributed by atoms with Gasteiger partial charge in [0.1, 0.15) is 0 Å². The molecule has 0 radical (unpaired) electrons. The third-order valence-electron chi connectivity index (χ3n) is 12.2. The number of hydrogen-bond donors (Lipinski definition) is 2. The summed E-state index contributed by atoms with van der Waals surface area (Å²) in [6.07, 6.45) is 3.55. The molecule has 2 aliphatic heterocycles. The first-order valence-corrected chi connectivity index (χ1v) is 22.5. The third kappa shape index (κ3) is 12.1. The molecule has 2 saturated heterocycles. The van der Waals surface area contributed by atoms with Gasteiger partial charge in [0.15, 0.2) is 0 Å². The number of amides is 6. The van der Waals surface area contributed by atoms with Crippen LogP contribution in [0.4, 0.5) is 21.0 Å². The number of likely N-dealkylation sites (tertiary alicyclic amines) is 2. The first kappa shape index (κ1) is 47.7. The van der Waals surface area contributed by atoms with Gasteiger partial charge < -0.3 is 29.9 Å². The number of aryl methyl sites for hydroxylation is 2. The van der Waals surface area contributed by atoms with E-state index in [4.69, 9.17) is 9.47 Å². The molecule has 0 aromatic heterocycles. The molecule has 0 aliphatic carbocycles. The molecule has 4 aromatic carbocycles. The van der Waals surface area contributed by atoms with Crippen LogP contribution in [-0.2, 0) is 9.47 Å². The van der Waals surface area contributed by atoms with Crippen molar-refractivity contribution in [2.75, 3.05) is 69.6 Å². The lowest BCUT2D eigenvalue weighted by Gasteiger charge is -2.37. The van der Waals surface area contributed by atoms with Crippen LogP contribution in [0, 0.1) is 36.5 Å². The molecule has 0 unspecified atom stereocenters. The van der Waals surface area contributed by atoms with Crippen molar-refractivity contribution in [3.63, 3.8) is 0 Å². The molecule has 2 aliphatic rings. The molecular weight excluding hydrogens is 821 g/mol. The van der Waals surface area contributed by atoms with Gasteiger partial charge >= 0.3 is 12.1 Å². The number of rotatable bonds is 14. The molecule has 0 saturated carbocycles. The minimum atomic E-state index is -0.641. The smallest absolute Gasteiger partial charge is 0.341 e. The highest BCUT2D eigenvalue weighted by Crippen LogP contribution is 2.34. The Bertz CT molecular complexity index is 2370. The van der Waals surface area contributed by atoms with Crippen molar-refractivity contribution in [2.24, 2.45) is 0 Å². The van der Waals surface area contributed by atoms with E-state index in [2.05, 4.69) is 22.8 Å². The van der Waals surface area contributed by atoms with Crippen molar-refractivity contribution in [3.8, 4) is 12.1 Å². The van der Waals surface area contributed by atoms with Gasteiger partial charge in [-0.05, 0) is 142 Å². The second-order valence-electron chi connectivity index (χ2n) is 17.0. The van der Waals surface area contributed by atoms with E-state index in [1.165, 1.54) is 17.1 Å². The molecule has 14 heteroatoms. The van der Waals surface area contributed by atoms with Crippen molar-refractivity contribution in [1.82, 2.24) is 20.4 Å². The summed E-state index contributed by atoms with van der Waals surface area (Å²) < 4.78 is 11.0. The minimum Gasteiger partial charge on any atom is -0.383 e. The lowest BCUT2D eigenvalue weighted by atomic mass is 9.89. The fourth-order valence-electron chi connectivity index (χ4n) is 8.41. The molecule has 6 amide bonds. The van der Waals surface area contributed by atoms with E-state index < -0.39 is 12.1 Å². The monoisotopic (exact) mass is 880 g/mol. The summed E-state index contributed by atoms with van der Waals surface area (Å²) in [5.74, 6) is 0.111. The van der Waals surface area contributed by atoms with Gasteiger partial charge in [-0.2, -0.15) is 20.5 Å². The van der Waals surface area contributed by atoms with Crippen LogP contribution in [0.2, 0.25) is 0 Å². The zero-order valence-corrected chi connectivity index (χ0v) is 38.1. The SMILES string of the molecule is COCCNC(=O)N(c1cc(C(=O)N2CCC(c3ccc(C#N)cc3)CC2)ccc1C)N(C(=O)NCCCOC(C)C)c1cc(C(=O)N2CCC(c3ccc(C#N)cc3)CC2)ccc1C. The van der Waals surface area contributed by atoms with E-state index in [1.807, 2.05) is 86.0 Å². The number of carbonyl (C=O) groups excluding carboxylic acids is 4. The van der Waals surface area contributed by atoms with Gasteiger partial charge in [-0.1, -0.05) is 36.4 Å². The summed E-state index contributed by atoms with van der Waals surface area (Å²) in [5.41, 5.74) is 6.07. The zero-order chi connectivity index (χ0) is 46.5. The summed E-state index contributed by atoms with van der Waals surface area (Å²) in [7, 11) is 1.53. The van der Waals surface area contributed by atoms with Crippen molar-refractivity contribution < 1.29 is 28.7 Å². The van der Waals surface area contributed by atoms with Crippen LogP contribution in [0.1, 0.15) is 112 Å². The molecular formula is C51H60N8O6. The fourth-order valence-corrected chi connectivity index (χ4v) is 8.41. The molecule has 2 N–H and O–H groups in total. The maximum atomic E-state index is 14.7. The van der Waals surface area contributed by atoms with Crippen molar-refractivity contribution >= 4 is 35.3 Å².